The van der Waals surface area contributed by atoms with Gasteiger partial charge in [0.15, 0.2) is 0 Å². The minimum absolute atomic E-state index is 0.769. The van der Waals surface area contributed by atoms with Gasteiger partial charge < -0.3 is 10.2 Å². The van der Waals surface area contributed by atoms with Crippen molar-refractivity contribution >= 4 is 21.6 Å². The predicted octanol–water partition coefficient (Wildman–Crippen LogP) is 3.55. The van der Waals surface area contributed by atoms with Gasteiger partial charge in [-0.05, 0) is 55.4 Å². The first-order chi connectivity index (χ1) is 8.72. The average Bonchev–Trinajstić information content (AvgIpc) is 3.21. The SMILES string of the molecule is CN(CC1CC1)c1ccc(Br)cc1CNC1CC1. The third kappa shape index (κ3) is 3.27. The molecule has 0 atom stereocenters. The number of nitrogens with one attached hydrogen (secondary N) is 1. The van der Waals surface area contributed by atoms with E-state index in [1.807, 2.05) is 0 Å². The molecule has 1 N–H and O–H groups in total. The molecule has 18 heavy (non-hydrogen) atoms. The molecule has 2 aliphatic carbocycles. The van der Waals surface area contributed by atoms with E-state index in [0.717, 1.165) is 18.5 Å². The van der Waals surface area contributed by atoms with E-state index in [-0.39, 0.29) is 0 Å². The average molecular weight is 309 g/mol. The number of hydrogen-bond donors (Lipinski definition) is 1. The monoisotopic (exact) mass is 308 g/mol. The Kier molecular flexibility index (Phi) is 3.62. The number of rotatable bonds is 6. The summed E-state index contributed by atoms with van der Waals surface area (Å²) in [7, 11) is 2.22. The molecule has 0 bridgehead atoms. The molecule has 0 heterocycles. The maximum Gasteiger partial charge on any atom is 0.0410 e. The molecule has 0 spiro atoms. The highest BCUT2D eigenvalue weighted by atomic mass is 79.9. The lowest BCUT2D eigenvalue weighted by atomic mass is 10.1. The van der Waals surface area contributed by atoms with Gasteiger partial charge in [0, 0.05) is 36.3 Å². The fourth-order valence-corrected chi connectivity index (χ4v) is 2.80. The summed E-state index contributed by atoms with van der Waals surface area (Å²) in [6, 6.07) is 7.43. The molecule has 2 fully saturated rings. The van der Waals surface area contributed by atoms with Crippen LogP contribution in [-0.2, 0) is 6.54 Å². The quantitative estimate of drug-likeness (QED) is 0.864. The van der Waals surface area contributed by atoms with Crippen LogP contribution in [0.15, 0.2) is 22.7 Å². The fourth-order valence-electron chi connectivity index (χ4n) is 2.40. The topological polar surface area (TPSA) is 15.3 Å². The summed E-state index contributed by atoms with van der Waals surface area (Å²) in [5.41, 5.74) is 2.80. The summed E-state index contributed by atoms with van der Waals surface area (Å²) in [5.74, 6) is 0.933. The van der Waals surface area contributed by atoms with E-state index in [1.165, 1.54) is 48.0 Å². The molecule has 0 aromatic heterocycles. The van der Waals surface area contributed by atoms with Crippen LogP contribution in [0.2, 0.25) is 0 Å². The number of nitrogens with zero attached hydrogens (tertiary/aromatic N) is 1. The molecular formula is C15H21BrN2. The number of hydrogen-bond acceptors (Lipinski definition) is 2. The van der Waals surface area contributed by atoms with Crippen molar-refractivity contribution in [1.82, 2.24) is 5.32 Å². The zero-order valence-corrected chi connectivity index (χ0v) is 12.5. The van der Waals surface area contributed by atoms with Gasteiger partial charge in [-0.3, -0.25) is 0 Å². The molecule has 2 saturated carbocycles. The van der Waals surface area contributed by atoms with Crippen LogP contribution in [0, 0.1) is 5.92 Å². The van der Waals surface area contributed by atoms with Gasteiger partial charge in [0.1, 0.15) is 0 Å². The van der Waals surface area contributed by atoms with Crippen LogP contribution in [0.1, 0.15) is 31.2 Å². The minimum atomic E-state index is 0.769. The third-order valence-electron chi connectivity index (χ3n) is 3.84. The van der Waals surface area contributed by atoms with Crippen LogP contribution in [0.3, 0.4) is 0 Å². The summed E-state index contributed by atoms with van der Waals surface area (Å²) in [6.07, 6.45) is 5.52. The lowest BCUT2D eigenvalue weighted by Crippen LogP contribution is -2.23. The highest BCUT2D eigenvalue weighted by Gasteiger charge is 2.24. The van der Waals surface area contributed by atoms with Crippen molar-refractivity contribution < 1.29 is 0 Å². The van der Waals surface area contributed by atoms with E-state index in [2.05, 4.69) is 51.4 Å². The standard InChI is InChI=1S/C15H21BrN2/c1-18(10-11-2-3-11)15-7-4-13(16)8-12(15)9-17-14-5-6-14/h4,7-8,11,14,17H,2-3,5-6,9-10H2,1H3. The summed E-state index contributed by atoms with van der Waals surface area (Å²) in [4.78, 5) is 2.42. The lowest BCUT2D eigenvalue weighted by Gasteiger charge is -2.23. The molecule has 98 valence electrons. The molecule has 1 aromatic rings. The summed E-state index contributed by atoms with van der Waals surface area (Å²) in [5, 5.41) is 3.62. The van der Waals surface area contributed by atoms with Crippen LogP contribution in [0.4, 0.5) is 5.69 Å². The van der Waals surface area contributed by atoms with Gasteiger partial charge in [0.2, 0.25) is 0 Å². The van der Waals surface area contributed by atoms with E-state index < -0.39 is 0 Å². The smallest absolute Gasteiger partial charge is 0.0410 e. The lowest BCUT2D eigenvalue weighted by molar-refractivity contribution is 0.683. The molecule has 0 unspecified atom stereocenters. The van der Waals surface area contributed by atoms with Crippen LogP contribution in [0.25, 0.3) is 0 Å². The molecule has 1 aromatic carbocycles. The Morgan fingerprint density at radius 2 is 2.06 bits per heavy atom. The Bertz CT molecular complexity index is 425. The van der Waals surface area contributed by atoms with Gasteiger partial charge in [0.05, 0.1) is 0 Å². The highest BCUT2D eigenvalue weighted by Crippen LogP contribution is 2.32. The molecule has 0 radical (unpaired) electrons. The third-order valence-corrected chi connectivity index (χ3v) is 4.33. The van der Waals surface area contributed by atoms with Crippen LogP contribution < -0.4 is 10.2 Å². The van der Waals surface area contributed by atoms with Crippen molar-refractivity contribution in [1.29, 1.82) is 0 Å². The van der Waals surface area contributed by atoms with Crippen molar-refractivity contribution in [3.05, 3.63) is 28.2 Å². The number of halogens is 1. The van der Waals surface area contributed by atoms with Gasteiger partial charge in [-0.2, -0.15) is 0 Å². The summed E-state index contributed by atoms with van der Waals surface area (Å²) >= 11 is 3.58. The van der Waals surface area contributed by atoms with Crippen molar-refractivity contribution in [3.8, 4) is 0 Å². The second-order valence-electron chi connectivity index (χ2n) is 5.75. The van der Waals surface area contributed by atoms with E-state index in [4.69, 9.17) is 0 Å². The molecule has 3 rings (SSSR count). The molecule has 2 aliphatic rings. The van der Waals surface area contributed by atoms with Crippen molar-refractivity contribution in [2.45, 2.75) is 38.3 Å². The number of benzene rings is 1. The van der Waals surface area contributed by atoms with Gasteiger partial charge in [-0.25, -0.2) is 0 Å². The Morgan fingerprint density at radius 1 is 1.28 bits per heavy atom. The molecular weight excluding hydrogens is 288 g/mol. The fraction of sp³-hybridized carbons (Fsp3) is 0.600. The van der Waals surface area contributed by atoms with Crippen molar-refractivity contribution in [2.75, 3.05) is 18.5 Å². The first-order valence-corrected chi connectivity index (χ1v) is 7.74. The van der Waals surface area contributed by atoms with E-state index in [1.54, 1.807) is 0 Å². The zero-order valence-electron chi connectivity index (χ0n) is 11.0. The zero-order chi connectivity index (χ0) is 12.5. The molecule has 0 amide bonds. The Hall–Kier alpha value is -0.540. The largest absolute Gasteiger partial charge is 0.374 e. The summed E-state index contributed by atoms with van der Waals surface area (Å²) < 4.78 is 1.18. The van der Waals surface area contributed by atoms with Crippen LogP contribution in [0.5, 0.6) is 0 Å². The molecule has 0 aliphatic heterocycles. The Labute approximate surface area is 118 Å². The first kappa shape index (κ1) is 12.5. The van der Waals surface area contributed by atoms with Gasteiger partial charge in [0.25, 0.3) is 0 Å². The molecule has 0 saturated heterocycles. The number of anilines is 1. The normalized spacial score (nSPS) is 19.0. The van der Waals surface area contributed by atoms with Gasteiger partial charge in [-0.15, -0.1) is 0 Å². The predicted molar refractivity (Wildman–Crippen MR) is 80.0 cm³/mol. The molecule has 3 heteroatoms. The Balaban J connectivity index is 1.72. The molecule has 2 nitrogen and oxygen atoms in total. The summed E-state index contributed by atoms with van der Waals surface area (Å²) in [6.45, 7) is 2.20. The maximum absolute atomic E-state index is 3.62. The van der Waals surface area contributed by atoms with Crippen LogP contribution in [-0.4, -0.2) is 19.6 Å². The van der Waals surface area contributed by atoms with E-state index >= 15 is 0 Å². The second-order valence-corrected chi connectivity index (χ2v) is 6.67. The van der Waals surface area contributed by atoms with Crippen molar-refractivity contribution in [2.24, 2.45) is 5.92 Å². The first-order valence-electron chi connectivity index (χ1n) is 6.95. The highest BCUT2D eigenvalue weighted by molar-refractivity contribution is 9.10. The van der Waals surface area contributed by atoms with Crippen molar-refractivity contribution in [3.63, 3.8) is 0 Å². The van der Waals surface area contributed by atoms with Crippen LogP contribution >= 0.6 is 15.9 Å². The van der Waals surface area contributed by atoms with Gasteiger partial charge >= 0.3 is 0 Å². The second kappa shape index (κ2) is 5.22. The van der Waals surface area contributed by atoms with Gasteiger partial charge in [-0.1, -0.05) is 15.9 Å². The van der Waals surface area contributed by atoms with E-state index in [9.17, 15) is 0 Å². The Morgan fingerprint density at radius 3 is 2.72 bits per heavy atom. The minimum Gasteiger partial charge on any atom is -0.374 e. The maximum atomic E-state index is 3.62. The van der Waals surface area contributed by atoms with E-state index in [0.29, 0.717) is 0 Å².